The Labute approximate surface area is 188 Å². The van der Waals surface area contributed by atoms with Crippen LogP contribution in [0.1, 0.15) is 27.3 Å². The molecule has 0 saturated heterocycles. The Morgan fingerprint density at radius 3 is 2.52 bits per heavy atom. The Bertz CT molecular complexity index is 1220. The van der Waals surface area contributed by atoms with Gasteiger partial charge in [0.15, 0.2) is 0 Å². The highest BCUT2D eigenvalue weighted by molar-refractivity contribution is 5.93. The zero-order valence-corrected chi connectivity index (χ0v) is 18.1. The molecule has 170 valence electrons. The van der Waals surface area contributed by atoms with Crippen molar-refractivity contribution >= 4 is 23.8 Å². The third-order valence-corrected chi connectivity index (χ3v) is 4.66. The number of carbonyl (C=O) groups excluding carboxylic acids is 2. The molecule has 1 amide bonds. The van der Waals surface area contributed by atoms with E-state index in [1.165, 1.54) is 31.9 Å². The Morgan fingerprint density at radius 2 is 1.88 bits per heavy atom. The molecule has 2 aromatic carbocycles. The molecule has 1 aromatic heterocycles. The first kappa shape index (κ1) is 23.1. The summed E-state index contributed by atoms with van der Waals surface area (Å²) in [4.78, 5) is 35.2. The molecule has 3 aromatic rings. The summed E-state index contributed by atoms with van der Waals surface area (Å²) in [5.41, 5.74) is 3.51. The smallest absolute Gasteiger partial charge is 0.343 e. The summed E-state index contributed by atoms with van der Waals surface area (Å²) < 4.78 is 11.8. The number of benzene rings is 2. The van der Waals surface area contributed by atoms with Gasteiger partial charge in [-0.15, -0.1) is 0 Å². The van der Waals surface area contributed by atoms with Gasteiger partial charge < -0.3 is 9.47 Å². The normalized spacial score (nSPS) is 10.8. The summed E-state index contributed by atoms with van der Waals surface area (Å²) in [6.45, 7) is 2.77. The van der Waals surface area contributed by atoms with Crippen molar-refractivity contribution in [3.63, 3.8) is 0 Å². The van der Waals surface area contributed by atoms with Crippen LogP contribution in [0.3, 0.4) is 0 Å². The van der Waals surface area contributed by atoms with E-state index in [9.17, 15) is 19.7 Å². The molecule has 11 nitrogen and oxygen atoms in total. The van der Waals surface area contributed by atoms with Crippen molar-refractivity contribution in [2.45, 2.75) is 20.4 Å². The van der Waals surface area contributed by atoms with Crippen LogP contribution < -0.4 is 14.9 Å². The van der Waals surface area contributed by atoms with Gasteiger partial charge in [-0.05, 0) is 50.2 Å². The number of nitro groups is 1. The molecule has 11 heteroatoms. The summed E-state index contributed by atoms with van der Waals surface area (Å²) in [5.74, 6) is -0.219. The summed E-state index contributed by atoms with van der Waals surface area (Å²) in [6.07, 6.45) is 1.33. The van der Waals surface area contributed by atoms with Gasteiger partial charge in [0.1, 0.15) is 29.4 Å². The molecule has 0 radical (unpaired) electrons. The average Bonchev–Trinajstić information content (AvgIpc) is 3.07. The molecule has 0 aliphatic rings. The molecule has 0 unspecified atom stereocenters. The van der Waals surface area contributed by atoms with Crippen LogP contribution in [0.25, 0.3) is 0 Å². The number of methoxy groups -OCH3 is 1. The fraction of sp³-hybridized carbons (Fsp3) is 0.182. The van der Waals surface area contributed by atoms with Gasteiger partial charge >= 0.3 is 11.7 Å². The van der Waals surface area contributed by atoms with Crippen LogP contribution in [0.4, 0.5) is 5.69 Å². The highest BCUT2D eigenvalue weighted by Gasteiger charge is 2.22. The van der Waals surface area contributed by atoms with Crippen molar-refractivity contribution in [3.8, 4) is 11.5 Å². The van der Waals surface area contributed by atoms with Crippen LogP contribution in [0.2, 0.25) is 0 Å². The predicted octanol–water partition coefficient (Wildman–Crippen LogP) is 2.79. The summed E-state index contributed by atoms with van der Waals surface area (Å²) in [7, 11) is 1.53. The van der Waals surface area contributed by atoms with Crippen molar-refractivity contribution in [3.05, 3.63) is 81.2 Å². The average molecular weight is 451 g/mol. The Balaban J connectivity index is 1.65. The van der Waals surface area contributed by atoms with Gasteiger partial charge in [0.25, 0.3) is 5.91 Å². The molecule has 0 saturated carbocycles. The van der Waals surface area contributed by atoms with E-state index in [1.54, 1.807) is 48.5 Å². The van der Waals surface area contributed by atoms with E-state index < -0.39 is 16.8 Å². The van der Waals surface area contributed by atoms with Gasteiger partial charge in [0.2, 0.25) is 0 Å². The van der Waals surface area contributed by atoms with E-state index in [-0.39, 0.29) is 29.4 Å². The first-order valence-electron chi connectivity index (χ1n) is 9.75. The lowest BCUT2D eigenvalue weighted by Gasteiger charge is -2.08. The largest absolute Gasteiger partial charge is 0.497 e. The number of nitrogens with one attached hydrogen (secondary N) is 1. The summed E-state index contributed by atoms with van der Waals surface area (Å²) in [5, 5.41) is 19.0. The Morgan fingerprint density at radius 1 is 1.18 bits per heavy atom. The topological polar surface area (TPSA) is 138 Å². The van der Waals surface area contributed by atoms with Crippen LogP contribution in [0.15, 0.2) is 53.6 Å². The quantitative estimate of drug-likeness (QED) is 0.183. The number of aryl methyl sites for hydroxylation is 1. The maximum absolute atomic E-state index is 12.4. The molecule has 0 atom stereocenters. The standard InChI is InChI=1S/C22H21N5O6/c1-14-21(27(30)31)15(2)26(25-14)13-20(28)24-23-12-17-6-4-5-7-19(17)33-22(29)16-8-10-18(32-3)11-9-16/h4-12H,13H2,1-3H3,(H,24,28)/b23-12+. The van der Waals surface area contributed by atoms with Crippen molar-refractivity contribution in [2.24, 2.45) is 5.10 Å². The molecule has 1 N–H and O–H groups in total. The third-order valence-electron chi connectivity index (χ3n) is 4.66. The number of nitrogens with zero attached hydrogens (tertiary/aromatic N) is 4. The van der Waals surface area contributed by atoms with Crippen molar-refractivity contribution < 1.29 is 24.0 Å². The van der Waals surface area contributed by atoms with E-state index in [0.717, 1.165) is 0 Å². The van der Waals surface area contributed by atoms with Crippen molar-refractivity contribution in [1.29, 1.82) is 0 Å². The number of rotatable bonds is 8. The van der Waals surface area contributed by atoms with Gasteiger partial charge in [0.05, 0.1) is 23.8 Å². The van der Waals surface area contributed by atoms with E-state index in [0.29, 0.717) is 16.9 Å². The number of ether oxygens (including phenoxy) is 2. The van der Waals surface area contributed by atoms with Gasteiger partial charge in [0, 0.05) is 5.56 Å². The highest BCUT2D eigenvalue weighted by Crippen LogP contribution is 2.22. The number of hydrogen-bond donors (Lipinski definition) is 1. The molecule has 0 aliphatic carbocycles. The number of para-hydroxylation sites is 1. The number of hydrazone groups is 1. The van der Waals surface area contributed by atoms with E-state index in [1.807, 2.05) is 0 Å². The minimum absolute atomic E-state index is 0.126. The van der Waals surface area contributed by atoms with Gasteiger partial charge in [-0.3, -0.25) is 19.6 Å². The second kappa shape index (κ2) is 10.2. The number of hydrogen-bond acceptors (Lipinski definition) is 8. The first-order valence-corrected chi connectivity index (χ1v) is 9.75. The zero-order valence-electron chi connectivity index (χ0n) is 18.1. The maximum Gasteiger partial charge on any atom is 0.343 e. The predicted molar refractivity (Wildman–Crippen MR) is 118 cm³/mol. The number of carbonyl (C=O) groups is 2. The number of esters is 1. The van der Waals surface area contributed by atoms with E-state index >= 15 is 0 Å². The lowest BCUT2D eigenvalue weighted by molar-refractivity contribution is -0.386. The van der Waals surface area contributed by atoms with Gasteiger partial charge in [-0.25, -0.2) is 10.2 Å². The van der Waals surface area contributed by atoms with Crippen molar-refractivity contribution in [1.82, 2.24) is 15.2 Å². The molecule has 0 aliphatic heterocycles. The highest BCUT2D eigenvalue weighted by atomic mass is 16.6. The molecule has 33 heavy (non-hydrogen) atoms. The lowest BCUT2D eigenvalue weighted by atomic mass is 10.2. The molecular formula is C22H21N5O6. The monoisotopic (exact) mass is 451 g/mol. The number of amides is 1. The van der Waals surface area contributed by atoms with Crippen molar-refractivity contribution in [2.75, 3.05) is 7.11 Å². The van der Waals surface area contributed by atoms with Gasteiger partial charge in [-0.2, -0.15) is 10.2 Å². The first-order chi connectivity index (χ1) is 15.8. The third kappa shape index (κ3) is 5.58. The molecule has 0 spiro atoms. The lowest BCUT2D eigenvalue weighted by Crippen LogP contribution is -2.24. The minimum atomic E-state index is -0.561. The van der Waals surface area contributed by atoms with Crippen LogP contribution in [0, 0.1) is 24.0 Å². The zero-order chi connectivity index (χ0) is 24.0. The summed E-state index contributed by atoms with van der Waals surface area (Å²) in [6, 6.07) is 13.2. The second-order valence-corrected chi connectivity index (χ2v) is 6.88. The Hall–Kier alpha value is -4.54. The second-order valence-electron chi connectivity index (χ2n) is 6.88. The van der Waals surface area contributed by atoms with Crippen LogP contribution >= 0.6 is 0 Å². The van der Waals surface area contributed by atoms with Crippen LogP contribution in [-0.4, -0.2) is 39.9 Å². The molecule has 0 bridgehead atoms. The molecule has 0 fully saturated rings. The summed E-state index contributed by atoms with van der Waals surface area (Å²) >= 11 is 0. The molecular weight excluding hydrogens is 430 g/mol. The Kier molecular flexibility index (Phi) is 7.13. The van der Waals surface area contributed by atoms with Crippen LogP contribution in [0.5, 0.6) is 11.5 Å². The van der Waals surface area contributed by atoms with Crippen LogP contribution in [-0.2, 0) is 11.3 Å². The van der Waals surface area contributed by atoms with Gasteiger partial charge in [-0.1, -0.05) is 12.1 Å². The van der Waals surface area contributed by atoms with E-state index in [2.05, 4.69) is 15.6 Å². The SMILES string of the molecule is COc1ccc(C(=O)Oc2ccccc2/C=N/NC(=O)Cn2nc(C)c([N+](=O)[O-])c2C)cc1. The number of aromatic nitrogens is 2. The molecule has 1 heterocycles. The minimum Gasteiger partial charge on any atom is -0.497 e. The maximum atomic E-state index is 12.4. The fourth-order valence-electron chi connectivity index (χ4n) is 3.02. The van der Waals surface area contributed by atoms with E-state index in [4.69, 9.17) is 9.47 Å². The fourth-order valence-corrected chi connectivity index (χ4v) is 3.02. The molecule has 3 rings (SSSR count).